The number of piperidine rings is 1. The third-order valence-corrected chi connectivity index (χ3v) is 12.9. The third-order valence-electron chi connectivity index (χ3n) is 11.6. The van der Waals surface area contributed by atoms with E-state index in [0.29, 0.717) is 35.5 Å². The van der Waals surface area contributed by atoms with E-state index in [1.54, 1.807) is 42.7 Å². The van der Waals surface area contributed by atoms with Gasteiger partial charge in [0.15, 0.2) is 17.9 Å². The van der Waals surface area contributed by atoms with Crippen LogP contribution in [-0.4, -0.2) is 127 Å². The zero-order chi connectivity index (χ0) is 44.2. The Kier molecular flexibility index (Phi) is 16.0. The van der Waals surface area contributed by atoms with Crippen LogP contribution in [0.5, 0.6) is 5.75 Å². The lowest BCUT2D eigenvalue weighted by molar-refractivity contribution is -0.112. The number of nitrogen functional groups attached to an aromatic ring is 1. The number of nitrogens with two attached hydrogens (primary N) is 1. The molecule has 2 unspecified atom stereocenters. The van der Waals surface area contributed by atoms with Crippen LogP contribution in [0.2, 0.25) is 0 Å². The Bertz CT molecular complexity index is 2240. The van der Waals surface area contributed by atoms with Gasteiger partial charge in [0.25, 0.3) is 5.91 Å². The van der Waals surface area contributed by atoms with Crippen LogP contribution in [0, 0.1) is 24.1 Å². The van der Waals surface area contributed by atoms with Crippen molar-refractivity contribution in [3.8, 4) is 16.2 Å². The van der Waals surface area contributed by atoms with Gasteiger partial charge in [-0.1, -0.05) is 0 Å². The Balaban J connectivity index is 0.961. The summed E-state index contributed by atoms with van der Waals surface area (Å²) in [7, 11) is 1.52. The van der Waals surface area contributed by atoms with Gasteiger partial charge in [-0.3, -0.25) is 15.0 Å². The fourth-order valence-electron chi connectivity index (χ4n) is 8.03. The molecule has 2 aliphatic heterocycles. The summed E-state index contributed by atoms with van der Waals surface area (Å²) >= 11 is 1.64. The first-order valence-electron chi connectivity index (χ1n) is 20.9. The van der Waals surface area contributed by atoms with Gasteiger partial charge in [-0.2, -0.15) is 5.10 Å². The summed E-state index contributed by atoms with van der Waals surface area (Å²) in [5.74, 6) is 0.334. The van der Waals surface area contributed by atoms with E-state index < -0.39 is 23.9 Å². The highest BCUT2D eigenvalue weighted by atomic mass is 32.1. The number of ether oxygens (including phenoxy) is 1. The number of halogens is 1. The highest BCUT2D eigenvalue weighted by Crippen LogP contribution is 2.36. The molecule has 6 rings (SSSR count). The molecule has 15 nitrogen and oxygen atoms in total. The van der Waals surface area contributed by atoms with E-state index in [2.05, 4.69) is 30.2 Å². The van der Waals surface area contributed by atoms with Crippen molar-refractivity contribution in [3.05, 3.63) is 81.9 Å². The maximum absolute atomic E-state index is 14.2. The molecule has 0 radical (unpaired) electrons. The van der Waals surface area contributed by atoms with Crippen molar-refractivity contribution in [2.45, 2.75) is 58.1 Å². The molecular formula is C45H55FN10O5S. The number of piperazine rings is 1. The number of aldehydes is 3. The predicted molar refractivity (Wildman–Crippen MR) is 241 cm³/mol. The van der Waals surface area contributed by atoms with E-state index in [9.17, 15) is 23.6 Å². The van der Waals surface area contributed by atoms with Gasteiger partial charge in [0, 0.05) is 107 Å². The molecule has 2 aromatic carbocycles. The smallest absolute Gasteiger partial charge is 0.254 e. The highest BCUT2D eigenvalue weighted by Gasteiger charge is 2.27. The number of rotatable bonds is 20. The second-order valence-corrected chi connectivity index (χ2v) is 16.8. The standard InChI is InChI=1S/C45H55FN10O5S/c1-30-43(33-24-41(44(48)49-26-33)61-31(2)39-25-35(46)6-9-40(39)52-50-14-13-47)62-42(51-30)12-15-54-18-20-55(21-19-54)27-32-10-16-56(17-11-32)36-7-8-38(34(23-36)28-58)45(60)53(3)37(29-59)5-4-22-57/h6-9,13-14,22-26,28-29,31-32,37,47,52H,4-5,10-12,15-21,27H2,1-3H3,(H2,48,49)/b47-13?,50-14-. The molecule has 0 bridgehead atoms. The van der Waals surface area contributed by atoms with E-state index in [1.165, 1.54) is 30.3 Å². The first-order valence-corrected chi connectivity index (χ1v) is 21.7. The van der Waals surface area contributed by atoms with E-state index in [-0.39, 0.29) is 29.8 Å². The van der Waals surface area contributed by atoms with Crippen LogP contribution >= 0.6 is 11.3 Å². The second-order valence-electron chi connectivity index (χ2n) is 15.8. The molecule has 0 aliphatic carbocycles. The van der Waals surface area contributed by atoms with Crippen molar-refractivity contribution in [3.63, 3.8) is 0 Å². The molecule has 0 saturated carbocycles. The van der Waals surface area contributed by atoms with Gasteiger partial charge in [0.2, 0.25) is 0 Å². The minimum Gasteiger partial charge on any atom is -0.482 e. The van der Waals surface area contributed by atoms with Crippen LogP contribution in [0.25, 0.3) is 10.4 Å². The highest BCUT2D eigenvalue weighted by molar-refractivity contribution is 7.15. The van der Waals surface area contributed by atoms with E-state index >= 15 is 0 Å². The van der Waals surface area contributed by atoms with Crippen LogP contribution in [0.1, 0.15) is 75.7 Å². The van der Waals surface area contributed by atoms with Gasteiger partial charge >= 0.3 is 0 Å². The van der Waals surface area contributed by atoms with Crippen molar-refractivity contribution in [2.24, 2.45) is 11.0 Å². The first-order chi connectivity index (χ1) is 30.0. The van der Waals surface area contributed by atoms with Gasteiger partial charge < -0.3 is 45.1 Å². The van der Waals surface area contributed by atoms with Crippen LogP contribution in [0.15, 0.2) is 53.8 Å². The maximum Gasteiger partial charge on any atom is 0.254 e. The number of nitrogens with zero attached hydrogens (tertiary/aromatic N) is 7. The van der Waals surface area contributed by atoms with E-state index in [1.807, 2.05) is 19.1 Å². The summed E-state index contributed by atoms with van der Waals surface area (Å²) in [5.41, 5.74) is 13.3. The topological polar surface area (TPSA) is 191 Å². The van der Waals surface area contributed by atoms with Crippen LogP contribution in [0.4, 0.5) is 21.6 Å². The summed E-state index contributed by atoms with van der Waals surface area (Å²) in [4.78, 5) is 66.5. The molecule has 2 atom stereocenters. The predicted octanol–water partition coefficient (Wildman–Crippen LogP) is 5.93. The van der Waals surface area contributed by atoms with Crippen molar-refractivity contribution in [1.29, 1.82) is 5.41 Å². The van der Waals surface area contributed by atoms with Gasteiger partial charge in [-0.15, -0.1) is 11.3 Å². The summed E-state index contributed by atoms with van der Waals surface area (Å²) in [6, 6.07) is 10.7. The van der Waals surface area contributed by atoms with Crippen molar-refractivity contribution in [1.82, 2.24) is 24.7 Å². The van der Waals surface area contributed by atoms with Gasteiger partial charge in [-0.25, -0.2) is 14.4 Å². The van der Waals surface area contributed by atoms with Crippen molar-refractivity contribution < 1.29 is 28.3 Å². The number of aromatic nitrogens is 2. The Morgan fingerprint density at radius 2 is 1.85 bits per heavy atom. The number of hydrogen-bond acceptors (Lipinski definition) is 15. The largest absolute Gasteiger partial charge is 0.482 e. The number of hydrazone groups is 1. The molecule has 4 aromatic rings. The fourth-order valence-corrected chi connectivity index (χ4v) is 9.06. The number of anilines is 3. The molecule has 1 amide bonds. The number of carbonyl (C=O) groups is 4. The number of amides is 1. The molecule has 2 aromatic heterocycles. The number of nitrogens with one attached hydrogen (secondary N) is 2. The molecule has 17 heteroatoms. The van der Waals surface area contributed by atoms with Crippen LogP contribution in [0.3, 0.4) is 0 Å². The molecule has 0 spiro atoms. The quantitative estimate of drug-likeness (QED) is 0.0540. The number of aryl methyl sites for hydroxylation is 1. The van der Waals surface area contributed by atoms with Gasteiger partial charge in [0.1, 0.15) is 24.5 Å². The SMILES string of the molecule is Cc1nc(CCN2CCN(CC3CCN(c4ccc(C(=O)N(C)C(C=O)CCC=O)c(C=O)c4)CC3)CC2)sc1-c1cnc(N)c(OC(C)c2cc(F)ccc2N/N=C\C=N)c1. The van der Waals surface area contributed by atoms with Gasteiger partial charge in [-0.05, 0) is 81.5 Å². The zero-order valence-electron chi connectivity index (χ0n) is 35.5. The van der Waals surface area contributed by atoms with E-state index in [0.717, 1.165) is 111 Å². The van der Waals surface area contributed by atoms with E-state index in [4.69, 9.17) is 20.9 Å². The summed E-state index contributed by atoms with van der Waals surface area (Å²) in [6.07, 6.45) is 8.83. The number of carbonyl (C=O) groups excluding carboxylic acids is 4. The Hall–Kier alpha value is -5.91. The molecule has 2 fully saturated rings. The number of likely N-dealkylation sites (N-methyl/N-ethyl adjacent to an activating group) is 1. The molecule has 62 heavy (non-hydrogen) atoms. The Labute approximate surface area is 365 Å². The third kappa shape index (κ3) is 11.5. The summed E-state index contributed by atoms with van der Waals surface area (Å²) in [6.45, 7) is 11.5. The van der Waals surface area contributed by atoms with Crippen LogP contribution < -0.4 is 20.8 Å². The molecular weight excluding hydrogens is 812 g/mol. The molecule has 2 saturated heterocycles. The average Bonchev–Trinajstić information content (AvgIpc) is 3.67. The number of thiazole rings is 1. The second kappa shape index (κ2) is 21.7. The first kappa shape index (κ1) is 45.6. The van der Waals surface area contributed by atoms with Crippen molar-refractivity contribution in [2.75, 3.05) is 75.5 Å². The zero-order valence-corrected chi connectivity index (χ0v) is 36.3. The lowest BCUT2D eigenvalue weighted by atomic mass is 9.95. The van der Waals surface area contributed by atoms with Gasteiger partial charge in [0.05, 0.1) is 39.1 Å². The van der Waals surface area contributed by atoms with Crippen molar-refractivity contribution >= 4 is 65.7 Å². The average molecular weight is 867 g/mol. The minimum absolute atomic E-state index is 0.170. The number of pyridine rings is 1. The minimum atomic E-state index is -0.736. The number of benzene rings is 2. The summed E-state index contributed by atoms with van der Waals surface area (Å²) in [5, 5.41) is 12.2. The molecule has 4 N–H and O–H groups in total. The fraction of sp³-hybridized carbons (Fsp3) is 0.422. The monoisotopic (exact) mass is 866 g/mol. The summed E-state index contributed by atoms with van der Waals surface area (Å²) < 4.78 is 20.5. The molecule has 328 valence electrons. The Morgan fingerprint density at radius 3 is 2.56 bits per heavy atom. The maximum atomic E-state index is 14.2. The lowest BCUT2D eigenvalue weighted by Gasteiger charge is -2.39. The Morgan fingerprint density at radius 1 is 1.10 bits per heavy atom. The molecule has 2 aliphatic rings. The molecule has 4 heterocycles. The van der Waals surface area contributed by atoms with Crippen LogP contribution in [-0.2, 0) is 16.0 Å². The normalized spacial score (nSPS) is 16.2. The number of hydrogen-bond donors (Lipinski definition) is 3. The lowest BCUT2D eigenvalue weighted by Crippen LogP contribution is -2.49.